The molecule has 24 heavy (non-hydrogen) atoms. The minimum absolute atomic E-state index is 0.0227. The number of rotatable bonds is 6. The monoisotopic (exact) mass is 329 g/mol. The minimum atomic E-state index is -0.0227. The third-order valence-corrected chi connectivity index (χ3v) is 4.35. The van der Waals surface area contributed by atoms with Crippen LogP contribution in [0.25, 0.3) is 11.3 Å². The van der Waals surface area contributed by atoms with Crippen LogP contribution in [-0.2, 0) is 9.53 Å². The van der Waals surface area contributed by atoms with Crippen molar-refractivity contribution in [2.45, 2.75) is 44.7 Å². The zero-order valence-electron chi connectivity index (χ0n) is 13.9. The second kappa shape index (κ2) is 8.01. The average molecular weight is 329 g/mol. The van der Waals surface area contributed by atoms with E-state index in [1.165, 1.54) is 0 Å². The Balaban J connectivity index is 1.52. The molecule has 0 saturated heterocycles. The van der Waals surface area contributed by atoms with Crippen LogP contribution < -0.4 is 5.32 Å². The highest BCUT2D eigenvalue weighted by Gasteiger charge is 2.24. The SMILES string of the molecule is CCOCC(=O)NC1CCC(n2cc(-c3ccncn3)cn2)CC1. The fourth-order valence-electron chi connectivity index (χ4n) is 3.08. The molecule has 0 unspecified atom stereocenters. The van der Waals surface area contributed by atoms with Crippen molar-refractivity contribution in [2.75, 3.05) is 13.2 Å². The molecule has 1 N–H and O–H groups in total. The second-order valence-electron chi connectivity index (χ2n) is 6.01. The summed E-state index contributed by atoms with van der Waals surface area (Å²) in [7, 11) is 0. The van der Waals surface area contributed by atoms with Crippen LogP contribution in [0.5, 0.6) is 0 Å². The summed E-state index contributed by atoms with van der Waals surface area (Å²) in [5.74, 6) is -0.0227. The fraction of sp³-hybridized carbons (Fsp3) is 0.529. The third-order valence-electron chi connectivity index (χ3n) is 4.35. The molecule has 7 heteroatoms. The molecule has 3 rings (SSSR count). The molecule has 128 valence electrons. The molecule has 0 radical (unpaired) electrons. The van der Waals surface area contributed by atoms with Crippen LogP contribution in [0.3, 0.4) is 0 Å². The molecule has 2 aromatic rings. The van der Waals surface area contributed by atoms with Crippen molar-refractivity contribution in [3.8, 4) is 11.3 Å². The lowest BCUT2D eigenvalue weighted by atomic mass is 9.91. The molecule has 1 fully saturated rings. The lowest BCUT2D eigenvalue weighted by Crippen LogP contribution is -2.39. The first-order chi connectivity index (χ1) is 11.8. The number of hydrogen-bond acceptors (Lipinski definition) is 5. The summed E-state index contributed by atoms with van der Waals surface area (Å²) in [5, 5.41) is 7.54. The Bertz CT molecular complexity index is 650. The predicted octanol–water partition coefficient (Wildman–Crippen LogP) is 1.98. The van der Waals surface area contributed by atoms with E-state index in [1.807, 2.05) is 30.1 Å². The van der Waals surface area contributed by atoms with Crippen LogP contribution >= 0.6 is 0 Å². The van der Waals surface area contributed by atoms with Crippen LogP contribution in [0.2, 0.25) is 0 Å². The van der Waals surface area contributed by atoms with E-state index in [4.69, 9.17) is 4.74 Å². The average Bonchev–Trinajstić information content (AvgIpc) is 3.11. The van der Waals surface area contributed by atoms with Crippen molar-refractivity contribution < 1.29 is 9.53 Å². The highest BCUT2D eigenvalue weighted by atomic mass is 16.5. The Kier molecular flexibility index (Phi) is 5.53. The van der Waals surface area contributed by atoms with Gasteiger partial charge in [-0.3, -0.25) is 9.48 Å². The first kappa shape index (κ1) is 16.6. The quantitative estimate of drug-likeness (QED) is 0.876. The number of hydrogen-bond donors (Lipinski definition) is 1. The summed E-state index contributed by atoms with van der Waals surface area (Å²) < 4.78 is 7.16. The number of carbonyl (C=O) groups excluding carboxylic acids is 1. The number of nitrogens with zero attached hydrogens (tertiary/aromatic N) is 4. The first-order valence-electron chi connectivity index (χ1n) is 8.44. The Morgan fingerprint density at radius 3 is 2.92 bits per heavy atom. The van der Waals surface area contributed by atoms with Crippen LogP contribution in [-0.4, -0.2) is 44.9 Å². The van der Waals surface area contributed by atoms with Crippen molar-refractivity contribution in [1.29, 1.82) is 0 Å². The number of nitrogens with one attached hydrogen (secondary N) is 1. The summed E-state index contributed by atoms with van der Waals surface area (Å²) >= 11 is 0. The van der Waals surface area contributed by atoms with Gasteiger partial charge in [-0.2, -0.15) is 5.10 Å². The normalized spacial score (nSPS) is 20.7. The number of aromatic nitrogens is 4. The van der Waals surface area contributed by atoms with Crippen molar-refractivity contribution in [2.24, 2.45) is 0 Å². The first-order valence-corrected chi connectivity index (χ1v) is 8.44. The van der Waals surface area contributed by atoms with Gasteiger partial charge >= 0.3 is 0 Å². The topological polar surface area (TPSA) is 81.9 Å². The molecule has 0 aromatic carbocycles. The van der Waals surface area contributed by atoms with E-state index in [0.29, 0.717) is 12.6 Å². The Labute approximate surface area is 141 Å². The standard InChI is InChI=1S/C17H23N5O2/c1-2-24-11-17(23)21-14-3-5-15(6-4-14)22-10-13(9-20-22)16-7-8-18-12-19-16/h7-10,12,14-15H,2-6,11H2,1H3,(H,21,23). The van der Waals surface area contributed by atoms with E-state index in [-0.39, 0.29) is 18.6 Å². The molecule has 0 atom stereocenters. The maximum absolute atomic E-state index is 11.7. The number of ether oxygens (including phenoxy) is 1. The van der Waals surface area contributed by atoms with E-state index in [0.717, 1.165) is 36.9 Å². The molecule has 1 amide bonds. The Hall–Kier alpha value is -2.28. The van der Waals surface area contributed by atoms with Crippen LogP contribution in [0.15, 0.2) is 31.0 Å². The molecule has 7 nitrogen and oxygen atoms in total. The summed E-state index contributed by atoms with van der Waals surface area (Å²) in [6.07, 6.45) is 11.1. The van der Waals surface area contributed by atoms with Gasteiger partial charge in [0.1, 0.15) is 12.9 Å². The van der Waals surface area contributed by atoms with Crippen molar-refractivity contribution in [3.63, 3.8) is 0 Å². The van der Waals surface area contributed by atoms with Crippen LogP contribution in [0.4, 0.5) is 0 Å². The molecule has 1 aliphatic rings. The Morgan fingerprint density at radius 2 is 2.21 bits per heavy atom. The van der Waals surface area contributed by atoms with E-state index >= 15 is 0 Å². The lowest BCUT2D eigenvalue weighted by Gasteiger charge is -2.29. The van der Waals surface area contributed by atoms with E-state index < -0.39 is 0 Å². The molecule has 2 aromatic heterocycles. The van der Waals surface area contributed by atoms with Gasteiger partial charge in [0.25, 0.3) is 0 Å². The van der Waals surface area contributed by atoms with Crippen molar-refractivity contribution in [1.82, 2.24) is 25.1 Å². The van der Waals surface area contributed by atoms with Gasteiger partial charge in [0.15, 0.2) is 0 Å². The minimum Gasteiger partial charge on any atom is -0.372 e. The number of carbonyl (C=O) groups is 1. The van der Waals surface area contributed by atoms with Gasteiger partial charge in [-0.05, 0) is 38.7 Å². The molecule has 1 aliphatic carbocycles. The van der Waals surface area contributed by atoms with Gasteiger partial charge in [-0.1, -0.05) is 0 Å². The van der Waals surface area contributed by atoms with Gasteiger partial charge < -0.3 is 10.1 Å². The van der Waals surface area contributed by atoms with Gasteiger partial charge in [0, 0.05) is 30.6 Å². The zero-order chi connectivity index (χ0) is 16.8. The highest BCUT2D eigenvalue weighted by molar-refractivity contribution is 5.77. The molecular formula is C17H23N5O2. The highest BCUT2D eigenvalue weighted by Crippen LogP contribution is 2.29. The van der Waals surface area contributed by atoms with Crippen LogP contribution in [0, 0.1) is 0 Å². The Morgan fingerprint density at radius 1 is 1.38 bits per heavy atom. The van der Waals surface area contributed by atoms with Gasteiger partial charge in [-0.25, -0.2) is 9.97 Å². The van der Waals surface area contributed by atoms with Gasteiger partial charge in [0.05, 0.1) is 17.9 Å². The summed E-state index contributed by atoms with van der Waals surface area (Å²) in [5.41, 5.74) is 1.89. The smallest absolute Gasteiger partial charge is 0.246 e. The maximum Gasteiger partial charge on any atom is 0.246 e. The summed E-state index contributed by atoms with van der Waals surface area (Å²) in [6, 6.07) is 2.50. The molecule has 2 heterocycles. The van der Waals surface area contributed by atoms with Crippen molar-refractivity contribution >= 4 is 5.91 Å². The van der Waals surface area contributed by atoms with E-state index in [2.05, 4.69) is 20.4 Å². The molecule has 0 spiro atoms. The molecule has 0 aliphatic heterocycles. The summed E-state index contributed by atoms with van der Waals surface area (Å²) in [4.78, 5) is 19.9. The van der Waals surface area contributed by atoms with Crippen molar-refractivity contribution in [3.05, 3.63) is 31.0 Å². The van der Waals surface area contributed by atoms with Gasteiger partial charge in [-0.15, -0.1) is 0 Å². The third kappa shape index (κ3) is 4.17. The molecular weight excluding hydrogens is 306 g/mol. The lowest BCUT2D eigenvalue weighted by molar-refractivity contribution is -0.126. The maximum atomic E-state index is 11.7. The molecule has 1 saturated carbocycles. The zero-order valence-corrected chi connectivity index (χ0v) is 13.9. The second-order valence-corrected chi connectivity index (χ2v) is 6.01. The van der Waals surface area contributed by atoms with E-state index in [1.54, 1.807) is 12.5 Å². The fourth-order valence-corrected chi connectivity index (χ4v) is 3.08. The predicted molar refractivity (Wildman–Crippen MR) is 89.2 cm³/mol. The molecule has 0 bridgehead atoms. The van der Waals surface area contributed by atoms with Crippen LogP contribution in [0.1, 0.15) is 38.6 Å². The van der Waals surface area contributed by atoms with E-state index in [9.17, 15) is 4.79 Å². The van der Waals surface area contributed by atoms with Gasteiger partial charge in [0.2, 0.25) is 5.91 Å². The number of amides is 1. The largest absolute Gasteiger partial charge is 0.372 e. The summed E-state index contributed by atoms with van der Waals surface area (Å²) in [6.45, 7) is 2.60.